The Hall–Kier alpha value is -2.36. The number of hydrogen-bond acceptors (Lipinski definition) is 7. The summed E-state index contributed by atoms with van der Waals surface area (Å²) in [5.41, 5.74) is -0.810. The third-order valence-corrected chi connectivity index (χ3v) is 4.46. The van der Waals surface area contributed by atoms with Crippen LogP contribution >= 0.6 is 11.5 Å². The van der Waals surface area contributed by atoms with Gasteiger partial charge >= 0.3 is 0 Å². The highest BCUT2D eigenvalue weighted by Gasteiger charge is 2.26. The number of piperazine rings is 1. The van der Waals surface area contributed by atoms with Gasteiger partial charge in [-0.25, -0.2) is 13.8 Å². The molecule has 1 saturated heterocycles. The third kappa shape index (κ3) is 3.07. The van der Waals surface area contributed by atoms with Gasteiger partial charge in [0, 0.05) is 37.7 Å². The van der Waals surface area contributed by atoms with Crippen molar-refractivity contribution < 1.29 is 13.7 Å². The Morgan fingerprint density at radius 3 is 2.22 bits per heavy atom. The molecule has 0 atom stereocenters. The van der Waals surface area contributed by atoms with Crippen molar-refractivity contribution in [2.24, 2.45) is 0 Å². The van der Waals surface area contributed by atoms with E-state index in [-0.39, 0.29) is 5.69 Å². The SMILES string of the molecule is Cc1nsc(N2CCN(c3c(F)cc([N+](=O)[O-])cc3F)CC2)n1. The number of nitrogens with zero attached hydrogens (tertiary/aromatic N) is 5. The molecule has 122 valence electrons. The maximum Gasteiger partial charge on any atom is 0.275 e. The Morgan fingerprint density at radius 1 is 1.17 bits per heavy atom. The van der Waals surface area contributed by atoms with Gasteiger partial charge in [-0.3, -0.25) is 10.1 Å². The van der Waals surface area contributed by atoms with Gasteiger partial charge in [-0.1, -0.05) is 0 Å². The van der Waals surface area contributed by atoms with Crippen LogP contribution < -0.4 is 9.80 Å². The van der Waals surface area contributed by atoms with E-state index in [9.17, 15) is 18.9 Å². The highest BCUT2D eigenvalue weighted by Crippen LogP contribution is 2.29. The molecule has 10 heteroatoms. The molecule has 2 aromatic rings. The van der Waals surface area contributed by atoms with E-state index in [0.717, 1.165) is 17.3 Å². The predicted molar refractivity (Wildman–Crippen MR) is 82.1 cm³/mol. The molecule has 1 fully saturated rings. The van der Waals surface area contributed by atoms with E-state index < -0.39 is 22.2 Å². The standard InChI is InChI=1S/C13H13F2N5O2S/c1-8-16-13(23-17-8)19-4-2-18(3-5-19)12-10(14)6-9(20(21)22)7-11(12)15/h6-7H,2-5H2,1H3. The summed E-state index contributed by atoms with van der Waals surface area (Å²) in [5, 5.41) is 11.4. The smallest absolute Gasteiger partial charge is 0.275 e. The summed E-state index contributed by atoms with van der Waals surface area (Å²) in [7, 11) is 0. The average Bonchev–Trinajstić information content (AvgIpc) is 2.93. The fourth-order valence-corrected chi connectivity index (χ4v) is 3.22. The highest BCUT2D eigenvalue weighted by atomic mass is 32.1. The molecule has 0 radical (unpaired) electrons. The van der Waals surface area contributed by atoms with Crippen LogP contribution in [-0.4, -0.2) is 40.5 Å². The average molecular weight is 341 g/mol. The third-order valence-electron chi connectivity index (χ3n) is 3.60. The van der Waals surface area contributed by atoms with Gasteiger partial charge < -0.3 is 9.80 Å². The van der Waals surface area contributed by atoms with Crippen LogP contribution in [0.5, 0.6) is 0 Å². The zero-order chi connectivity index (χ0) is 16.6. The number of nitro benzene ring substituents is 1. The molecule has 23 heavy (non-hydrogen) atoms. The van der Waals surface area contributed by atoms with E-state index in [1.807, 2.05) is 4.90 Å². The molecular weight excluding hydrogens is 328 g/mol. The largest absolute Gasteiger partial charge is 0.363 e. The van der Waals surface area contributed by atoms with Gasteiger partial charge in [-0.05, 0) is 6.92 Å². The molecule has 0 bridgehead atoms. The number of non-ortho nitro benzene ring substituents is 1. The van der Waals surface area contributed by atoms with E-state index >= 15 is 0 Å². The van der Waals surface area contributed by atoms with Crippen molar-refractivity contribution in [2.75, 3.05) is 36.0 Å². The zero-order valence-corrected chi connectivity index (χ0v) is 13.0. The van der Waals surface area contributed by atoms with E-state index in [1.54, 1.807) is 11.8 Å². The molecule has 1 aliphatic heterocycles. The minimum Gasteiger partial charge on any atom is -0.363 e. The first kappa shape index (κ1) is 15.5. The van der Waals surface area contributed by atoms with Crippen LogP contribution in [0, 0.1) is 28.7 Å². The molecule has 1 aliphatic rings. The lowest BCUT2D eigenvalue weighted by Gasteiger charge is -2.35. The van der Waals surface area contributed by atoms with Gasteiger partial charge in [-0.2, -0.15) is 4.37 Å². The van der Waals surface area contributed by atoms with Crippen molar-refractivity contribution in [1.29, 1.82) is 0 Å². The Labute approximate surface area is 134 Å². The first-order chi connectivity index (χ1) is 11.0. The normalized spacial score (nSPS) is 15.1. The molecule has 0 spiro atoms. The van der Waals surface area contributed by atoms with Crippen molar-refractivity contribution in [3.8, 4) is 0 Å². The summed E-state index contributed by atoms with van der Waals surface area (Å²) in [6, 6.07) is 1.50. The topological polar surface area (TPSA) is 75.4 Å². The molecule has 3 rings (SSSR count). The summed E-state index contributed by atoms with van der Waals surface area (Å²) in [6.07, 6.45) is 0. The van der Waals surface area contributed by atoms with Gasteiger partial charge in [0.05, 0.1) is 17.1 Å². The summed E-state index contributed by atoms with van der Waals surface area (Å²) in [5.74, 6) is -1.14. The number of anilines is 2. The molecule has 1 aromatic heterocycles. The predicted octanol–water partition coefficient (Wildman–Crippen LogP) is 2.36. The van der Waals surface area contributed by atoms with Crippen LogP contribution in [-0.2, 0) is 0 Å². The molecule has 0 amide bonds. The van der Waals surface area contributed by atoms with Gasteiger partial charge in [-0.15, -0.1) is 0 Å². The van der Waals surface area contributed by atoms with Crippen LogP contribution in [0.25, 0.3) is 0 Å². The second kappa shape index (κ2) is 6.03. The molecular formula is C13H13F2N5O2S. The van der Waals surface area contributed by atoms with Gasteiger partial charge in [0.25, 0.3) is 5.69 Å². The molecule has 2 heterocycles. The fourth-order valence-electron chi connectivity index (χ4n) is 2.50. The molecule has 1 aromatic carbocycles. The Kier molecular flexibility index (Phi) is 4.07. The van der Waals surface area contributed by atoms with E-state index in [4.69, 9.17) is 0 Å². The van der Waals surface area contributed by atoms with Crippen LogP contribution in [0.4, 0.5) is 25.3 Å². The van der Waals surface area contributed by atoms with Crippen LogP contribution in [0.3, 0.4) is 0 Å². The van der Waals surface area contributed by atoms with Crippen molar-refractivity contribution in [1.82, 2.24) is 9.36 Å². The lowest BCUT2D eigenvalue weighted by molar-refractivity contribution is -0.385. The number of aryl methyl sites for hydroxylation is 1. The second-order valence-corrected chi connectivity index (χ2v) is 5.84. The van der Waals surface area contributed by atoms with Gasteiger partial charge in [0.15, 0.2) is 11.6 Å². The van der Waals surface area contributed by atoms with Crippen molar-refractivity contribution in [3.05, 3.63) is 39.7 Å². The fraction of sp³-hybridized carbons (Fsp3) is 0.385. The van der Waals surface area contributed by atoms with E-state index in [1.165, 1.54) is 11.5 Å². The lowest BCUT2D eigenvalue weighted by Crippen LogP contribution is -2.47. The van der Waals surface area contributed by atoms with E-state index in [0.29, 0.717) is 32.0 Å². The quantitative estimate of drug-likeness (QED) is 0.630. The Balaban J connectivity index is 1.76. The molecule has 7 nitrogen and oxygen atoms in total. The van der Waals surface area contributed by atoms with Gasteiger partial charge in [0.2, 0.25) is 5.13 Å². The van der Waals surface area contributed by atoms with Crippen LogP contribution in [0.2, 0.25) is 0 Å². The van der Waals surface area contributed by atoms with Crippen LogP contribution in [0.15, 0.2) is 12.1 Å². The van der Waals surface area contributed by atoms with Gasteiger partial charge in [0.1, 0.15) is 11.5 Å². The van der Waals surface area contributed by atoms with Crippen molar-refractivity contribution in [2.45, 2.75) is 6.92 Å². The molecule has 0 N–H and O–H groups in total. The minimum absolute atomic E-state index is 0.219. The number of aromatic nitrogens is 2. The second-order valence-electron chi connectivity index (χ2n) is 5.11. The summed E-state index contributed by atoms with van der Waals surface area (Å²) >= 11 is 1.29. The number of halogens is 2. The highest BCUT2D eigenvalue weighted by molar-refractivity contribution is 7.09. The monoisotopic (exact) mass is 341 g/mol. The van der Waals surface area contributed by atoms with E-state index in [2.05, 4.69) is 9.36 Å². The number of hydrogen-bond donors (Lipinski definition) is 0. The maximum atomic E-state index is 14.1. The maximum absolute atomic E-state index is 14.1. The first-order valence-corrected chi connectivity index (χ1v) is 7.66. The number of rotatable bonds is 3. The molecule has 0 unspecified atom stereocenters. The number of nitro groups is 1. The summed E-state index contributed by atoms with van der Waals surface area (Å²) < 4.78 is 32.2. The number of benzene rings is 1. The summed E-state index contributed by atoms with van der Waals surface area (Å²) in [4.78, 5) is 17.7. The molecule has 0 saturated carbocycles. The lowest BCUT2D eigenvalue weighted by atomic mass is 10.2. The van der Waals surface area contributed by atoms with Crippen molar-refractivity contribution in [3.63, 3.8) is 0 Å². The first-order valence-electron chi connectivity index (χ1n) is 6.89. The minimum atomic E-state index is -0.920. The van der Waals surface area contributed by atoms with Crippen molar-refractivity contribution >= 4 is 28.0 Å². The Bertz CT molecular complexity index is 723. The zero-order valence-electron chi connectivity index (χ0n) is 12.2. The summed E-state index contributed by atoms with van der Waals surface area (Å²) in [6.45, 7) is 3.68. The van der Waals surface area contributed by atoms with Crippen LogP contribution in [0.1, 0.15) is 5.82 Å². The Morgan fingerprint density at radius 2 is 1.74 bits per heavy atom. The molecule has 0 aliphatic carbocycles.